The molecule has 0 amide bonds. The van der Waals surface area contributed by atoms with E-state index in [-0.39, 0.29) is 16.6 Å². The number of hydrogen-bond acceptors (Lipinski definition) is 3. The third kappa shape index (κ3) is 2.35. The number of halogens is 1. The zero-order valence-corrected chi connectivity index (χ0v) is 11.1. The van der Waals surface area contributed by atoms with E-state index in [9.17, 15) is 12.8 Å². The van der Waals surface area contributed by atoms with Crippen LogP contribution in [-0.2, 0) is 10.0 Å². The summed E-state index contributed by atoms with van der Waals surface area (Å²) in [7, 11) is -3.83. The minimum absolute atomic E-state index is 0.00829. The minimum atomic E-state index is -3.83. The second-order valence-electron chi connectivity index (χ2n) is 4.51. The number of rotatable bonds is 5. The van der Waals surface area contributed by atoms with Crippen LogP contribution in [0, 0.1) is 5.82 Å². The van der Waals surface area contributed by atoms with Gasteiger partial charge in [0, 0.05) is 12.6 Å². The number of anilines is 1. The van der Waals surface area contributed by atoms with Crippen molar-refractivity contribution in [2.75, 3.05) is 12.3 Å². The van der Waals surface area contributed by atoms with Gasteiger partial charge >= 0.3 is 0 Å². The molecule has 2 N–H and O–H groups in total. The fourth-order valence-electron chi connectivity index (χ4n) is 2.00. The van der Waals surface area contributed by atoms with Gasteiger partial charge in [-0.15, -0.1) is 0 Å². The van der Waals surface area contributed by atoms with Gasteiger partial charge in [-0.2, -0.15) is 4.31 Å². The molecule has 0 saturated heterocycles. The number of sulfonamides is 1. The predicted molar refractivity (Wildman–Crippen MR) is 68.0 cm³/mol. The van der Waals surface area contributed by atoms with E-state index in [0.717, 1.165) is 18.9 Å². The van der Waals surface area contributed by atoms with E-state index in [1.807, 2.05) is 6.92 Å². The van der Waals surface area contributed by atoms with Gasteiger partial charge in [0.05, 0.1) is 5.69 Å². The molecule has 1 aromatic rings. The van der Waals surface area contributed by atoms with Gasteiger partial charge in [0.2, 0.25) is 10.0 Å². The minimum Gasteiger partial charge on any atom is -0.398 e. The summed E-state index contributed by atoms with van der Waals surface area (Å²) in [6.45, 7) is 2.30. The highest BCUT2D eigenvalue weighted by Crippen LogP contribution is 2.34. The van der Waals surface area contributed by atoms with Gasteiger partial charge in [-0.25, -0.2) is 12.8 Å². The largest absolute Gasteiger partial charge is 0.398 e. The molecule has 0 atom stereocenters. The molecule has 0 heterocycles. The summed E-state index contributed by atoms with van der Waals surface area (Å²) >= 11 is 0. The fraction of sp³-hybridized carbons (Fsp3) is 0.500. The molecule has 1 aromatic carbocycles. The summed E-state index contributed by atoms with van der Waals surface area (Å²) < 4.78 is 40.0. The second kappa shape index (κ2) is 4.85. The van der Waals surface area contributed by atoms with Crippen molar-refractivity contribution in [3.05, 3.63) is 24.0 Å². The average molecular weight is 272 g/mol. The Balaban J connectivity index is 2.46. The lowest BCUT2D eigenvalue weighted by Gasteiger charge is -2.22. The quantitative estimate of drug-likeness (QED) is 0.833. The van der Waals surface area contributed by atoms with E-state index in [0.29, 0.717) is 13.0 Å². The van der Waals surface area contributed by atoms with Crippen LogP contribution >= 0.6 is 0 Å². The summed E-state index contributed by atoms with van der Waals surface area (Å²) in [6, 6.07) is 3.95. The highest BCUT2D eigenvalue weighted by molar-refractivity contribution is 7.89. The van der Waals surface area contributed by atoms with Crippen LogP contribution in [0.25, 0.3) is 0 Å². The molecule has 4 nitrogen and oxygen atoms in total. The number of nitrogen functional groups attached to an aromatic ring is 1. The second-order valence-corrected chi connectivity index (χ2v) is 6.33. The Labute approximate surface area is 107 Å². The summed E-state index contributed by atoms with van der Waals surface area (Å²) in [5.41, 5.74) is 5.59. The van der Waals surface area contributed by atoms with Crippen molar-refractivity contribution in [3.63, 3.8) is 0 Å². The van der Waals surface area contributed by atoms with E-state index in [4.69, 9.17) is 5.73 Å². The molecular formula is C12H17FN2O2S. The summed E-state index contributed by atoms with van der Waals surface area (Å²) in [5.74, 6) is -0.781. The summed E-state index contributed by atoms with van der Waals surface area (Å²) in [6.07, 6.45) is 2.38. The monoisotopic (exact) mass is 272 g/mol. The van der Waals surface area contributed by atoms with Crippen molar-refractivity contribution in [3.8, 4) is 0 Å². The zero-order valence-electron chi connectivity index (χ0n) is 10.3. The molecule has 2 rings (SSSR count). The first-order chi connectivity index (χ1) is 8.48. The highest BCUT2D eigenvalue weighted by atomic mass is 32.2. The molecule has 0 aliphatic heterocycles. The maximum Gasteiger partial charge on any atom is 0.248 e. The Morgan fingerprint density at radius 1 is 1.44 bits per heavy atom. The Morgan fingerprint density at radius 2 is 2.11 bits per heavy atom. The van der Waals surface area contributed by atoms with Gasteiger partial charge in [-0.05, 0) is 31.4 Å². The molecule has 0 radical (unpaired) electrons. The standard InChI is InChI=1S/C12H17FN2O2S/c1-2-8-15(9-6-7-9)18(16,17)12-10(13)4-3-5-11(12)14/h3-5,9H,2,6-8,14H2,1H3. The molecule has 0 spiro atoms. The highest BCUT2D eigenvalue weighted by Gasteiger charge is 2.39. The van der Waals surface area contributed by atoms with E-state index in [1.165, 1.54) is 16.4 Å². The van der Waals surface area contributed by atoms with Gasteiger partial charge in [0.1, 0.15) is 10.7 Å². The topological polar surface area (TPSA) is 63.4 Å². The Kier molecular flexibility index (Phi) is 3.59. The normalized spacial score (nSPS) is 16.2. The van der Waals surface area contributed by atoms with Crippen LogP contribution < -0.4 is 5.73 Å². The van der Waals surface area contributed by atoms with Crippen molar-refractivity contribution >= 4 is 15.7 Å². The molecule has 18 heavy (non-hydrogen) atoms. The van der Waals surface area contributed by atoms with Crippen molar-refractivity contribution in [2.45, 2.75) is 37.1 Å². The number of benzene rings is 1. The van der Waals surface area contributed by atoms with Crippen molar-refractivity contribution in [1.82, 2.24) is 4.31 Å². The van der Waals surface area contributed by atoms with E-state index < -0.39 is 15.8 Å². The number of nitrogens with zero attached hydrogens (tertiary/aromatic N) is 1. The third-order valence-corrected chi connectivity index (χ3v) is 5.01. The van der Waals surface area contributed by atoms with Gasteiger partial charge < -0.3 is 5.73 Å². The molecule has 0 aromatic heterocycles. The van der Waals surface area contributed by atoms with Crippen LogP contribution in [0.1, 0.15) is 26.2 Å². The first-order valence-electron chi connectivity index (χ1n) is 6.04. The summed E-state index contributed by atoms with van der Waals surface area (Å²) in [4.78, 5) is -0.384. The van der Waals surface area contributed by atoms with Crippen LogP contribution in [0.5, 0.6) is 0 Å². The van der Waals surface area contributed by atoms with Crippen molar-refractivity contribution in [2.24, 2.45) is 0 Å². The molecule has 1 saturated carbocycles. The van der Waals surface area contributed by atoms with Crippen LogP contribution in [0.2, 0.25) is 0 Å². The van der Waals surface area contributed by atoms with E-state index >= 15 is 0 Å². The fourth-order valence-corrected chi connectivity index (χ4v) is 3.94. The van der Waals surface area contributed by atoms with Crippen LogP contribution in [0.4, 0.5) is 10.1 Å². The lowest BCUT2D eigenvalue weighted by molar-refractivity contribution is 0.400. The third-order valence-electron chi connectivity index (χ3n) is 2.96. The van der Waals surface area contributed by atoms with Gasteiger partial charge in [-0.1, -0.05) is 13.0 Å². The summed E-state index contributed by atoms with van der Waals surface area (Å²) in [5, 5.41) is 0. The molecule has 0 unspecified atom stereocenters. The van der Waals surface area contributed by atoms with Crippen molar-refractivity contribution in [1.29, 1.82) is 0 Å². The maximum absolute atomic E-state index is 13.7. The number of hydrogen-bond donors (Lipinski definition) is 1. The van der Waals surface area contributed by atoms with Crippen LogP contribution in [0.3, 0.4) is 0 Å². The smallest absolute Gasteiger partial charge is 0.248 e. The van der Waals surface area contributed by atoms with Gasteiger partial charge in [-0.3, -0.25) is 0 Å². The van der Waals surface area contributed by atoms with Crippen molar-refractivity contribution < 1.29 is 12.8 Å². The molecule has 1 fully saturated rings. The van der Waals surface area contributed by atoms with E-state index in [2.05, 4.69) is 0 Å². The average Bonchev–Trinajstić information content (AvgIpc) is 3.08. The lowest BCUT2D eigenvalue weighted by Crippen LogP contribution is -2.34. The molecule has 1 aliphatic carbocycles. The molecule has 0 bridgehead atoms. The van der Waals surface area contributed by atoms with E-state index in [1.54, 1.807) is 0 Å². The maximum atomic E-state index is 13.7. The Hall–Kier alpha value is -1.14. The Morgan fingerprint density at radius 3 is 2.61 bits per heavy atom. The zero-order chi connectivity index (χ0) is 13.3. The molecule has 1 aliphatic rings. The first kappa shape index (κ1) is 13.3. The molecular weight excluding hydrogens is 255 g/mol. The first-order valence-corrected chi connectivity index (χ1v) is 7.48. The number of nitrogens with two attached hydrogens (primary N) is 1. The van der Waals surface area contributed by atoms with Crippen LogP contribution in [0.15, 0.2) is 23.1 Å². The van der Waals surface area contributed by atoms with Crippen LogP contribution in [-0.4, -0.2) is 25.3 Å². The molecule has 100 valence electrons. The Bertz CT molecular complexity index is 521. The lowest BCUT2D eigenvalue weighted by atomic mass is 10.3. The predicted octanol–water partition coefficient (Wildman–Crippen LogP) is 1.97. The van der Waals surface area contributed by atoms with Gasteiger partial charge in [0.15, 0.2) is 0 Å². The SMILES string of the molecule is CCCN(C1CC1)S(=O)(=O)c1c(N)cccc1F. The molecule has 6 heteroatoms. The van der Waals surface area contributed by atoms with Gasteiger partial charge in [0.25, 0.3) is 0 Å².